The summed E-state index contributed by atoms with van der Waals surface area (Å²) in [7, 11) is 3.62. The molecule has 3 atom stereocenters. The van der Waals surface area contributed by atoms with Gasteiger partial charge in [0.2, 0.25) is 5.91 Å². The summed E-state index contributed by atoms with van der Waals surface area (Å²) < 4.78 is 11.8. The van der Waals surface area contributed by atoms with E-state index in [2.05, 4.69) is 27.4 Å². The first-order valence-corrected chi connectivity index (χ1v) is 13.7. The minimum absolute atomic E-state index is 0.00753. The van der Waals surface area contributed by atoms with E-state index in [1.54, 1.807) is 66.9 Å². The molecule has 0 radical (unpaired) electrons. The maximum absolute atomic E-state index is 13.5. The molecule has 1 aromatic heterocycles. The molecule has 2 aromatic carbocycles. The molecular weight excluding hydrogens is 522 g/mol. The van der Waals surface area contributed by atoms with Crippen LogP contribution in [0, 0.1) is 5.92 Å². The average Bonchev–Trinajstić information content (AvgIpc) is 3.01. The van der Waals surface area contributed by atoms with Crippen molar-refractivity contribution in [2.24, 2.45) is 5.92 Å². The van der Waals surface area contributed by atoms with Crippen LogP contribution in [0.2, 0.25) is 0 Å². The van der Waals surface area contributed by atoms with Crippen molar-refractivity contribution >= 4 is 23.3 Å². The number of ether oxygens (including phenoxy) is 2. The Hall–Kier alpha value is -4.15. The minimum atomic E-state index is -0.412. The van der Waals surface area contributed by atoms with E-state index >= 15 is 0 Å². The van der Waals surface area contributed by atoms with Crippen LogP contribution in [0.25, 0.3) is 0 Å². The Morgan fingerprint density at radius 2 is 1.83 bits per heavy atom. The normalized spacial score (nSPS) is 17.9. The quantitative estimate of drug-likeness (QED) is 0.361. The second-order valence-electron chi connectivity index (χ2n) is 10.6. The van der Waals surface area contributed by atoms with Gasteiger partial charge in [-0.3, -0.25) is 14.7 Å². The van der Waals surface area contributed by atoms with Gasteiger partial charge < -0.3 is 30.1 Å². The lowest BCUT2D eigenvalue weighted by atomic mass is 10.0. The number of methoxy groups -OCH3 is 1. The maximum Gasteiger partial charge on any atom is 0.323 e. The zero-order valence-corrected chi connectivity index (χ0v) is 24.0. The van der Waals surface area contributed by atoms with Crippen LogP contribution in [0.1, 0.15) is 25.0 Å². The van der Waals surface area contributed by atoms with Crippen molar-refractivity contribution in [2.75, 3.05) is 44.5 Å². The van der Waals surface area contributed by atoms with Crippen molar-refractivity contribution < 1.29 is 24.2 Å². The van der Waals surface area contributed by atoms with E-state index in [0.29, 0.717) is 41.5 Å². The Bertz CT molecular complexity index is 1300. The molecule has 2 heterocycles. The first kappa shape index (κ1) is 29.8. The number of hydrogen-bond acceptors (Lipinski definition) is 7. The molecule has 41 heavy (non-hydrogen) atoms. The number of carbonyl (C=O) groups excluding carboxylic acids is 2. The Kier molecular flexibility index (Phi) is 10.2. The van der Waals surface area contributed by atoms with Gasteiger partial charge in [-0.15, -0.1) is 0 Å². The average molecular weight is 562 g/mol. The molecule has 1 aliphatic heterocycles. The highest BCUT2D eigenvalue weighted by molar-refractivity contribution is 6.00. The number of anilines is 2. The number of likely N-dealkylation sites (N-methyl/N-ethyl adjacent to an activating group) is 1. The number of fused-ring (bicyclic) bond motifs is 1. The molecule has 10 nitrogen and oxygen atoms in total. The van der Waals surface area contributed by atoms with E-state index in [4.69, 9.17) is 9.47 Å². The highest BCUT2D eigenvalue weighted by atomic mass is 16.5. The molecule has 0 aliphatic carbocycles. The molecule has 1 aliphatic rings. The number of benzene rings is 2. The zero-order valence-electron chi connectivity index (χ0n) is 24.0. The number of amides is 3. The van der Waals surface area contributed by atoms with Gasteiger partial charge >= 0.3 is 6.03 Å². The van der Waals surface area contributed by atoms with Crippen molar-refractivity contribution in [3.63, 3.8) is 0 Å². The highest BCUT2D eigenvalue weighted by Crippen LogP contribution is 2.29. The number of pyridine rings is 1. The third-order valence-corrected chi connectivity index (χ3v) is 7.22. The first-order valence-electron chi connectivity index (χ1n) is 13.7. The molecule has 0 saturated heterocycles. The van der Waals surface area contributed by atoms with E-state index in [0.717, 1.165) is 12.1 Å². The van der Waals surface area contributed by atoms with Gasteiger partial charge in [-0.1, -0.05) is 6.92 Å². The van der Waals surface area contributed by atoms with Gasteiger partial charge in [-0.05, 0) is 74.1 Å². The van der Waals surface area contributed by atoms with Gasteiger partial charge in [0, 0.05) is 54.9 Å². The van der Waals surface area contributed by atoms with Gasteiger partial charge in [0.25, 0.3) is 0 Å². The number of urea groups is 1. The number of aromatic nitrogens is 1. The van der Waals surface area contributed by atoms with E-state index < -0.39 is 6.03 Å². The number of rotatable bonds is 9. The molecule has 10 heteroatoms. The molecule has 3 aromatic rings. The van der Waals surface area contributed by atoms with E-state index in [1.807, 2.05) is 26.1 Å². The molecule has 0 fully saturated rings. The van der Waals surface area contributed by atoms with Crippen LogP contribution in [-0.2, 0) is 17.8 Å². The van der Waals surface area contributed by atoms with Crippen molar-refractivity contribution in [3.8, 4) is 11.5 Å². The summed E-state index contributed by atoms with van der Waals surface area (Å²) in [5, 5.41) is 15.5. The molecule has 3 N–H and O–H groups in total. The van der Waals surface area contributed by atoms with Crippen LogP contribution in [-0.4, -0.2) is 77.8 Å². The summed E-state index contributed by atoms with van der Waals surface area (Å²) in [6.07, 6.45) is 3.42. The van der Waals surface area contributed by atoms with Crippen LogP contribution >= 0.6 is 0 Å². The predicted molar refractivity (Wildman–Crippen MR) is 158 cm³/mol. The van der Waals surface area contributed by atoms with Gasteiger partial charge in [0.1, 0.15) is 17.6 Å². The second-order valence-corrected chi connectivity index (χ2v) is 10.6. The standard InChI is InChI=1S/C31H39N5O5/c1-21-17-36(22(2)20-37)30(38)16-24-15-26(34-31(39)33-25-5-8-27(40-4)9-6-25)7-10-28(24)41-29(21)19-35(3)18-23-11-13-32-14-12-23/h5-15,21-22,29,37H,16-20H2,1-4H3,(H2,33,34,39)/t21?,22-,29?/m0/s1. The van der Waals surface area contributed by atoms with Gasteiger partial charge in [-0.25, -0.2) is 4.79 Å². The Morgan fingerprint density at radius 3 is 2.51 bits per heavy atom. The van der Waals surface area contributed by atoms with Crippen LogP contribution in [0.4, 0.5) is 16.2 Å². The third-order valence-electron chi connectivity index (χ3n) is 7.22. The molecular formula is C31H39N5O5. The minimum Gasteiger partial charge on any atom is -0.497 e. The van der Waals surface area contributed by atoms with Crippen molar-refractivity contribution in [1.82, 2.24) is 14.8 Å². The summed E-state index contributed by atoms with van der Waals surface area (Å²) in [6, 6.07) is 15.6. The lowest BCUT2D eigenvalue weighted by molar-refractivity contribution is -0.134. The summed E-state index contributed by atoms with van der Waals surface area (Å²) in [5.41, 5.74) is 2.97. The Morgan fingerprint density at radius 1 is 1.15 bits per heavy atom. The number of carbonyl (C=O) groups is 2. The first-order chi connectivity index (χ1) is 19.7. The maximum atomic E-state index is 13.5. The number of aliphatic hydroxyl groups is 1. The van der Waals surface area contributed by atoms with Gasteiger partial charge in [0.05, 0.1) is 26.2 Å². The molecule has 4 rings (SSSR count). The zero-order chi connectivity index (χ0) is 29.4. The monoisotopic (exact) mass is 561 g/mol. The number of hydrogen-bond donors (Lipinski definition) is 3. The highest BCUT2D eigenvalue weighted by Gasteiger charge is 2.31. The molecule has 218 valence electrons. The fourth-order valence-electron chi connectivity index (χ4n) is 4.86. The predicted octanol–water partition coefficient (Wildman–Crippen LogP) is 4.02. The summed E-state index contributed by atoms with van der Waals surface area (Å²) >= 11 is 0. The summed E-state index contributed by atoms with van der Waals surface area (Å²) in [5.74, 6) is 1.19. The fourth-order valence-corrected chi connectivity index (χ4v) is 4.86. The van der Waals surface area contributed by atoms with Crippen molar-refractivity contribution in [1.29, 1.82) is 0 Å². The van der Waals surface area contributed by atoms with Crippen LogP contribution < -0.4 is 20.1 Å². The van der Waals surface area contributed by atoms with Crippen molar-refractivity contribution in [3.05, 3.63) is 78.1 Å². The SMILES string of the molecule is COc1ccc(NC(=O)Nc2ccc3c(c2)CC(=O)N([C@@H](C)CO)CC(C)C(CN(C)Cc2ccncc2)O3)cc1. The smallest absolute Gasteiger partial charge is 0.323 e. The second kappa shape index (κ2) is 14.0. The number of nitrogens with zero attached hydrogens (tertiary/aromatic N) is 3. The molecule has 0 spiro atoms. The third kappa shape index (κ3) is 8.18. The number of aliphatic hydroxyl groups excluding tert-OH is 1. The Labute approximate surface area is 241 Å². The van der Waals surface area contributed by atoms with Crippen LogP contribution in [0.15, 0.2) is 67.0 Å². The molecule has 2 unspecified atom stereocenters. The van der Waals surface area contributed by atoms with E-state index in [1.165, 1.54) is 0 Å². The van der Waals surface area contributed by atoms with Gasteiger partial charge in [0.15, 0.2) is 0 Å². The van der Waals surface area contributed by atoms with Crippen LogP contribution in [0.5, 0.6) is 11.5 Å². The lowest BCUT2D eigenvalue weighted by Gasteiger charge is -2.34. The van der Waals surface area contributed by atoms with Gasteiger partial charge in [-0.2, -0.15) is 0 Å². The lowest BCUT2D eigenvalue weighted by Crippen LogP contribution is -2.47. The number of nitrogens with one attached hydrogen (secondary N) is 2. The van der Waals surface area contributed by atoms with Crippen molar-refractivity contribution in [2.45, 2.75) is 39.0 Å². The topological polar surface area (TPSA) is 116 Å². The summed E-state index contributed by atoms with van der Waals surface area (Å²) in [4.78, 5) is 34.2. The largest absolute Gasteiger partial charge is 0.497 e. The van der Waals surface area contributed by atoms with Crippen LogP contribution in [0.3, 0.4) is 0 Å². The fraction of sp³-hybridized carbons (Fsp3) is 0.387. The Balaban J connectivity index is 1.54. The molecule has 3 amide bonds. The van der Waals surface area contributed by atoms with E-state index in [9.17, 15) is 14.7 Å². The molecule has 0 saturated carbocycles. The summed E-state index contributed by atoms with van der Waals surface area (Å²) in [6.45, 7) is 5.59. The van der Waals surface area contributed by atoms with E-state index in [-0.39, 0.29) is 37.0 Å². The molecule has 0 bridgehead atoms.